The SMILES string of the molecule is CC(C)(CCN)CCC(=O)NC1C(C)(C)C1(C)C. The molecule has 3 nitrogen and oxygen atoms in total. The zero-order valence-electron chi connectivity index (χ0n) is 12.9. The quantitative estimate of drug-likeness (QED) is 0.765. The van der Waals surface area contributed by atoms with Crippen LogP contribution in [-0.4, -0.2) is 18.5 Å². The predicted molar refractivity (Wildman–Crippen MR) is 76.2 cm³/mol. The van der Waals surface area contributed by atoms with Crippen molar-refractivity contribution < 1.29 is 4.79 Å². The first-order chi connectivity index (χ1) is 8.04. The fourth-order valence-corrected chi connectivity index (χ4v) is 2.76. The molecular weight excluding hydrogens is 224 g/mol. The highest BCUT2D eigenvalue weighted by molar-refractivity contribution is 5.77. The van der Waals surface area contributed by atoms with Crippen LogP contribution >= 0.6 is 0 Å². The molecule has 0 aromatic carbocycles. The molecule has 0 radical (unpaired) electrons. The van der Waals surface area contributed by atoms with Crippen molar-refractivity contribution >= 4 is 5.91 Å². The molecule has 1 rings (SSSR count). The summed E-state index contributed by atoms with van der Waals surface area (Å²) >= 11 is 0. The van der Waals surface area contributed by atoms with Gasteiger partial charge in [-0.2, -0.15) is 0 Å². The van der Waals surface area contributed by atoms with Gasteiger partial charge >= 0.3 is 0 Å². The topological polar surface area (TPSA) is 55.1 Å². The molecule has 1 aliphatic rings. The molecule has 1 saturated carbocycles. The van der Waals surface area contributed by atoms with Gasteiger partial charge in [-0.3, -0.25) is 4.79 Å². The second-order valence-electron chi connectivity index (χ2n) is 7.65. The lowest BCUT2D eigenvalue weighted by molar-refractivity contribution is -0.122. The Morgan fingerprint density at radius 1 is 1.17 bits per heavy atom. The average molecular weight is 254 g/mol. The molecule has 18 heavy (non-hydrogen) atoms. The molecule has 0 aliphatic heterocycles. The summed E-state index contributed by atoms with van der Waals surface area (Å²) in [6.45, 7) is 13.9. The summed E-state index contributed by atoms with van der Waals surface area (Å²) in [5, 5.41) is 3.18. The largest absolute Gasteiger partial charge is 0.352 e. The summed E-state index contributed by atoms with van der Waals surface area (Å²) in [5.41, 5.74) is 6.19. The molecule has 3 heteroatoms. The summed E-state index contributed by atoms with van der Waals surface area (Å²) in [6.07, 6.45) is 2.49. The van der Waals surface area contributed by atoms with Crippen LogP contribution in [0.25, 0.3) is 0 Å². The van der Waals surface area contributed by atoms with E-state index in [1.165, 1.54) is 0 Å². The maximum Gasteiger partial charge on any atom is 0.220 e. The maximum atomic E-state index is 12.0. The Balaban J connectivity index is 2.37. The van der Waals surface area contributed by atoms with E-state index in [4.69, 9.17) is 5.73 Å². The third-order valence-electron chi connectivity index (χ3n) is 5.18. The Morgan fingerprint density at radius 2 is 1.67 bits per heavy atom. The number of carbonyl (C=O) groups is 1. The molecule has 106 valence electrons. The molecule has 3 N–H and O–H groups in total. The molecule has 1 fully saturated rings. The smallest absolute Gasteiger partial charge is 0.220 e. The van der Waals surface area contributed by atoms with E-state index < -0.39 is 0 Å². The molecule has 0 spiro atoms. The summed E-state index contributed by atoms with van der Waals surface area (Å²) in [4.78, 5) is 12.0. The van der Waals surface area contributed by atoms with Crippen LogP contribution in [0.1, 0.15) is 60.8 Å². The summed E-state index contributed by atoms with van der Waals surface area (Å²) in [5.74, 6) is 0.184. The summed E-state index contributed by atoms with van der Waals surface area (Å²) in [6, 6.07) is 0.315. The first-order valence-corrected chi connectivity index (χ1v) is 7.04. The molecular formula is C15H30N2O. The van der Waals surface area contributed by atoms with Gasteiger partial charge in [0.05, 0.1) is 0 Å². The fourth-order valence-electron chi connectivity index (χ4n) is 2.76. The zero-order valence-corrected chi connectivity index (χ0v) is 12.9. The van der Waals surface area contributed by atoms with E-state index in [2.05, 4.69) is 46.9 Å². The molecule has 0 atom stereocenters. The van der Waals surface area contributed by atoms with Gasteiger partial charge in [0.2, 0.25) is 5.91 Å². The minimum Gasteiger partial charge on any atom is -0.352 e. The van der Waals surface area contributed by atoms with Gasteiger partial charge in [-0.25, -0.2) is 0 Å². The van der Waals surface area contributed by atoms with Crippen LogP contribution in [0.2, 0.25) is 0 Å². The van der Waals surface area contributed by atoms with Gasteiger partial charge in [0.25, 0.3) is 0 Å². The van der Waals surface area contributed by atoms with Crippen molar-refractivity contribution in [2.75, 3.05) is 6.54 Å². The first-order valence-electron chi connectivity index (χ1n) is 7.04. The normalized spacial score (nSPS) is 21.7. The van der Waals surface area contributed by atoms with Gasteiger partial charge in [0.1, 0.15) is 0 Å². The van der Waals surface area contributed by atoms with Crippen LogP contribution < -0.4 is 11.1 Å². The molecule has 1 amide bonds. The minimum absolute atomic E-state index is 0.167. The van der Waals surface area contributed by atoms with Gasteiger partial charge in [-0.05, 0) is 35.6 Å². The van der Waals surface area contributed by atoms with Gasteiger partial charge in [-0.15, -0.1) is 0 Å². The Labute approximate surface area is 112 Å². The number of nitrogens with one attached hydrogen (secondary N) is 1. The van der Waals surface area contributed by atoms with Crippen LogP contribution in [0.4, 0.5) is 0 Å². The van der Waals surface area contributed by atoms with E-state index >= 15 is 0 Å². The van der Waals surface area contributed by atoms with Crippen molar-refractivity contribution in [2.45, 2.75) is 66.8 Å². The molecule has 0 heterocycles. The van der Waals surface area contributed by atoms with Gasteiger partial charge < -0.3 is 11.1 Å². The van der Waals surface area contributed by atoms with Crippen molar-refractivity contribution in [2.24, 2.45) is 22.0 Å². The second-order valence-corrected chi connectivity index (χ2v) is 7.65. The first kappa shape index (κ1) is 15.5. The lowest BCUT2D eigenvalue weighted by Crippen LogP contribution is -2.31. The number of amides is 1. The minimum atomic E-state index is 0.167. The molecule has 0 aromatic rings. The Hall–Kier alpha value is -0.570. The van der Waals surface area contributed by atoms with Gasteiger partial charge in [0, 0.05) is 12.5 Å². The van der Waals surface area contributed by atoms with E-state index in [-0.39, 0.29) is 22.2 Å². The van der Waals surface area contributed by atoms with Gasteiger partial charge in [-0.1, -0.05) is 41.5 Å². The number of rotatable bonds is 6. The number of hydrogen-bond acceptors (Lipinski definition) is 2. The van der Waals surface area contributed by atoms with E-state index in [1.54, 1.807) is 0 Å². The molecule has 0 bridgehead atoms. The summed E-state index contributed by atoms with van der Waals surface area (Å²) < 4.78 is 0. The highest BCUT2D eigenvalue weighted by Gasteiger charge is 2.65. The van der Waals surface area contributed by atoms with Crippen LogP contribution in [0.3, 0.4) is 0 Å². The van der Waals surface area contributed by atoms with E-state index in [0.29, 0.717) is 19.0 Å². The molecule has 0 saturated heterocycles. The number of nitrogens with two attached hydrogens (primary N) is 1. The Kier molecular flexibility index (Phi) is 4.16. The monoisotopic (exact) mass is 254 g/mol. The van der Waals surface area contributed by atoms with Crippen molar-refractivity contribution in [3.05, 3.63) is 0 Å². The molecule has 0 aromatic heterocycles. The fraction of sp³-hybridized carbons (Fsp3) is 0.933. The molecule has 1 aliphatic carbocycles. The van der Waals surface area contributed by atoms with Crippen LogP contribution in [0.5, 0.6) is 0 Å². The van der Waals surface area contributed by atoms with Crippen molar-refractivity contribution in [1.29, 1.82) is 0 Å². The predicted octanol–water partition coefficient (Wildman–Crippen LogP) is 2.69. The Morgan fingerprint density at radius 3 is 2.06 bits per heavy atom. The standard InChI is InChI=1S/C15H30N2O/c1-13(2,9-10-16)8-7-11(18)17-12-14(3,4)15(12,5)6/h12H,7-10,16H2,1-6H3,(H,17,18). The van der Waals surface area contributed by atoms with Crippen molar-refractivity contribution in [1.82, 2.24) is 5.32 Å². The van der Waals surface area contributed by atoms with Crippen LogP contribution in [-0.2, 0) is 4.79 Å². The lowest BCUT2D eigenvalue weighted by Gasteiger charge is -2.23. The maximum absolute atomic E-state index is 12.0. The lowest BCUT2D eigenvalue weighted by atomic mass is 9.84. The highest BCUT2D eigenvalue weighted by atomic mass is 16.1. The van der Waals surface area contributed by atoms with E-state index in [0.717, 1.165) is 12.8 Å². The third kappa shape index (κ3) is 3.05. The number of hydrogen-bond donors (Lipinski definition) is 2. The van der Waals surface area contributed by atoms with Crippen molar-refractivity contribution in [3.8, 4) is 0 Å². The average Bonchev–Trinajstić information content (AvgIpc) is 2.58. The highest BCUT2D eigenvalue weighted by Crippen LogP contribution is 2.62. The van der Waals surface area contributed by atoms with Crippen LogP contribution in [0.15, 0.2) is 0 Å². The second kappa shape index (κ2) is 4.84. The zero-order chi connectivity index (χ0) is 14.2. The van der Waals surface area contributed by atoms with E-state index in [9.17, 15) is 4.79 Å². The summed E-state index contributed by atoms with van der Waals surface area (Å²) in [7, 11) is 0. The Bertz CT molecular complexity index is 304. The van der Waals surface area contributed by atoms with Crippen LogP contribution in [0, 0.1) is 16.2 Å². The molecule has 0 unspecified atom stereocenters. The van der Waals surface area contributed by atoms with Crippen molar-refractivity contribution in [3.63, 3.8) is 0 Å². The third-order valence-corrected chi connectivity index (χ3v) is 5.18. The van der Waals surface area contributed by atoms with Gasteiger partial charge in [0.15, 0.2) is 0 Å². The van der Waals surface area contributed by atoms with E-state index in [1.807, 2.05) is 0 Å². The number of carbonyl (C=O) groups excluding carboxylic acids is 1.